The number of anilines is 1. The molecule has 0 aromatic heterocycles. The van der Waals surface area contributed by atoms with Crippen LogP contribution in [0, 0.1) is 5.82 Å². The van der Waals surface area contributed by atoms with E-state index in [4.69, 9.17) is 11.6 Å². The molecule has 2 fully saturated rings. The molecule has 1 spiro atoms. The fourth-order valence-corrected chi connectivity index (χ4v) is 3.81. The SMILES string of the molecule is O=C(CN1C(=O)NC2(CCCCCCC2)C1=O)Nc1ccc(F)cc1Cl. The highest BCUT2D eigenvalue weighted by molar-refractivity contribution is 6.33. The van der Waals surface area contributed by atoms with Crippen LogP contribution < -0.4 is 10.6 Å². The summed E-state index contributed by atoms with van der Waals surface area (Å²) >= 11 is 5.88. The Kier molecular flexibility index (Phi) is 5.46. The van der Waals surface area contributed by atoms with Crippen molar-refractivity contribution in [2.75, 3.05) is 11.9 Å². The molecule has 2 N–H and O–H groups in total. The van der Waals surface area contributed by atoms with E-state index in [2.05, 4.69) is 10.6 Å². The van der Waals surface area contributed by atoms with Crippen LogP contribution in [0.25, 0.3) is 0 Å². The van der Waals surface area contributed by atoms with Crippen LogP contribution in [-0.2, 0) is 9.59 Å². The average Bonchev–Trinajstić information content (AvgIpc) is 2.79. The van der Waals surface area contributed by atoms with E-state index in [0.717, 1.165) is 43.1 Å². The number of imide groups is 1. The fourth-order valence-electron chi connectivity index (χ4n) is 3.59. The summed E-state index contributed by atoms with van der Waals surface area (Å²) in [6.45, 7) is -0.403. The number of rotatable bonds is 3. The van der Waals surface area contributed by atoms with Gasteiger partial charge in [-0.15, -0.1) is 0 Å². The molecule has 1 saturated carbocycles. The number of carbonyl (C=O) groups is 3. The van der Waals surface area contributed by atoms with Crippen LogP contribution in [-0.4, -0.2) is 34.8 Å². The number of hydrogen-bond acceptors (Lipinski definition) is 3. The maximum absolute atomic E-state index is 13.1. The number of nitrogens with zero attached hydrogens (tertiary/aromatic N) is 1. The van der Waals surface area contributed by atoms with Gasteiger partial charge in [0.25, 0.3) is 5.91 Å². The summed E-state index contributed by atoms with van der Waals surface area (Å²) < 4.78 is 13.1. The van der Waals surface area contributed by atoms with Gasteiger partial charge in [-0.3, -0.25) is 14.5 Å². The molecule has 26 heavy (non-hydrogen) atoms. The molecular formula is C18H21ClFN3O3. The lowest BCUT2D eigenvalue weighted by atomic mass is 9.84. The summed E-state index contributed by atoms with van der Waals surface area (Å²) in [5, 5.41) is 5.36. The second-order valence-corrected chi connectivity index (χ2v) is 7.25. The van der Waals surface area contributed by atoms with E-state index in [1.165, 1.54) is 12.1 Å². The molecule has 1 heterocycles. The van der Waals surface area contributed by atoms with Gasteiger partial charge in [0.2, 0.25) is 5.91 Å². The number of hydrogen-bond donors (Lipinski definition) is 2. The first-order chi connectivity index (χ1) is 12.4. The van der Waals surface area contributed by atoms with Crippen LogP contribution >= 0.6 is 11.6 Å². The topological polar surface area (TPSA) is 78.5 Å². The molecule has 0 atom stereocenters. The minimum atomic E-state index is -0.884. The van der Waals surface area contributed by atoms with Gasteiger partial charge in [0.15, 0.2) is 0 Å². The van der Waals surface area contributed by atoms with Crippen molar-refractivity contribution in [2.45, 2.75) is 50.5 Å². The van der Waals surface area contributed by atoms with Gasteiger partial charge in [-0.05, 0) is 31.0 Å². The standard InChI is InChI=1S/C18H21ClFN3O3/c19-13-10-12(20)6-7-14(13)21-15(24)11-23-16(25)18(22-17(23)26)8-4-2-1-3-5-9-18/h6-7,10H,1-5,8-9,11H2,(H,21,24)(H,22,26). The fraction of sp³-hybridized carbons (Fsp3) is 0.500. The van der Waals surface area contributed by atoms with Crippen molar-refractivity contribution >= 4 is 35.1 Å². The third-order valence-electron chi connectivity index (χ3n) is 4.96. The van der Waals surface area contributed by atoms with E-state index < -0.39 is 29.8 Å². The molecule has 0 radical (unpaired) electrons. The van der Waals surface area contributed by atoms with Crippen LogP contribution in [0.15, 0.2) is 18.2 Å². The third-order valence-corrected chi connectivity index (χ3v) is 5.27. The minimum Gasteiger partial charge on any atom is -0.323 e. The summed E-state index contributed by atoms with van der Waals surface area (Å²) in [5.74, 6) is -1.43. The van der Waals surface area contributed by atoms with Gasteiger partial charge in [0, 0.05) is 0 Å². The van der Waals surface area contributed by atoms with E-state index in [9.17, 15) is 18.8 Å². The highest BCUT2D eigenvalue weighted by Gasteiger charge is 2.50. The quantitative estimate of drug-likeness (QED) is 0.787. The van der Waals surface area contributed by atoms with Gasteiger partial charge in [-0.2, -0.15) is 0 Å². The second kappa shape index (κ2) is 7.61. The van der Waals surface area contributed by atoms with Gasteiger partial charge in [0.1, 0.15) is 17.9 Å². The first kappa shape index (κ1) is 18.6. The van der Waals surface area contributed by atoms with Gasteiger partial charge in [-0.25, -0.2) is 9.18 Å². The Labute approximate surface area is 156 Å². The summed E-state index contributed by atoms with van der Waals surface area (Å²) in [7, 11) is 0. The molecular weight excluding hydrogens is 361 g/mol. The Morgan fingerprint density at radius 2 is 1.85 bits per heavy atom. The number of benzene rings is 1. The van der Waals surface area contributed by atoms with Crippen molar-refractivity contribution in [3.63, 3.8) is 0 Å². The first-order valence-corrected chi connectivity index (χ1v) is 9.18. The van der Waals surface area contributed by atoms with E-state index in [-0.39, 0.29) is 16.6 Å². The smallest absolute Gasteiger partial charge is 0.323 e. The van der Waals surface area contributed by atoms with Crippen LogP contribution in [0.1, 0.15) is 44.9 Å². The van der Waals surface area contributed by atoms with E-state index in [1.807, 2.05) is 0 Å². The maximum atomic E-state index is 13.1. The molecule has 140 valence electrons. The summed E-state index contributed by atoms with van der Waals surface area (Å²) in [6.07, 6.45) is 6.15. The van der Waals surface area contributed by atoms with Crippen molar-refractivity contribution in [3.05, 3.63) is 29.0 Å². The van der Waals surface area contributed by atoms with Gasteiger partial charge < -0.3 is 10.6 Å². The molecule has 6 nitrogen and oxygen atoms in total. The zero-order valence-electron chi connectivity index (χ0n) is 14.3. The van der Waals surface area contributed by atoms with Crippen molar-refractivity contribution in [2.24, 2.45) is 0 Å². The Bertz CT molecular complexity index is 732. The number of urea groups is 1. The predicted octanol–water partition coefficient (Wildman–Crippen LogP) is 3.45. The lowest BCUT2D eigenvalue weighted by Gasteiger charge is -2.28. The zero-order chi connectivity index (χ0) is 18.7. The van der Waals surface area contributed by atoms with Crippen LogP contribution in [0.2, 0.25) is 5.02 Å². The normalized spacial score (nSPS) is 19.8. The molecule has 1 aliphatic carbocycles. The summed E-state index contributed by atoms with van der Waals surface area (Å²) in [6, 6.07) is 3.03. The Balaban J connectivity index is 1.68. The number of nitrogens with one attached hydrogen (secondary N) is 2. The van der Waals surface area contributed by atoms with Crippen molar-refractivity contribution in [1.82, 2.24) is 10.2 Å². The molecule has 1 saturated heterocycles. The van der Waals surface area contributed by atoms with Gasteiger partial charge >= 0.3 is 6.03 Å². The lowest BCUT2D eigenvalue weighted by molar-refractivity contribution is -0.134. The molecule has 0 bridgehead atoms. The third kappa shape index (κ3) is 3.82. The Morgan fingerprint density at radius 1 is 1.19 bits per heavy atom. The molecule has 1 aliphatic heterocycles. The summed E-state index contributed by atoms with van der Waals surface area (Å²) in [5.41, 5.74) is -0.656. The first-order valence-electron chi connectivity index (χ1n) is 8.80. The molecule has 1 aromatic carbocycles. The van der Waals surface area contributed by atoms with E-state index >= 15 is 0 Å². The zero-order valence-corrected chi connectivity index (χ0v) is 15.1. The van der Waals surface area contributed by atoms with Crippen LogP contribution in [0.5, 0.6) is 0 Å². The van der Waals surface area contributed by atoms with Gasteiger partial charge in [-0.1, -0.05) is 43.7 Å². The molecule has 3 rings (SSSR count). The maximum Gasteiger partial charge on any atom is 0.325 e. The Hall–Kier alpha value is -2.15. The van der Waals surface area contributed by atoms with Crippen molar-refractivity contribution < 1.29 is 18.8 Å². The molecule has 0 unspecified atom stereocenters. The number of carbonyl (C=O) groups excluding carboxylic acids is 3. The highest BCUT2D eigenvalue weighted by Crippen LogP contribution is 2.32. The average molecular weight is 382 g/mol. The van der Waals surface area contributed by atoms with Gasteiger partial charge in [0.05, 0.1) is 10.7 Å². The lowest BCUT2D eigenvalue weighted by Crippen LogP contribution is -2.47. The molecule has 8 heteroatoms. The van der Waals surface area contributed by atoms with E-state index in [1.54, 1.807) is 0 Å². The second-order valence-electron chi connectivity index (χ2n) is 6.84. The van der Waals surface area contributed by atoms with Crippen molar-refractivity contribution in [1.29, 1.82) is 0 Å². The monoisotopic (exact) mass is 381 g/mol. The molecule has 1 aromatic rings. The minimum absolute atomic E-state index is 0.0482. The number of halogens is 2. The largest absolute Gasteiger partial charge is 0.325 e. The van der Waals surface area contributed by atoms with Crippen LogP contribution in [0.4, 0.5) is 14.9 Å². The van der Waals surface area contributed by atoms with Crippen molar-refractivity contribution in [3.8, 4) is 0 Å². The molecule has 4 amide bonds. The summed E-state index contributed by atoms with van der Waals surface area (Å²) in [4.78, 5) is 38.3. The number of amides is 4. The van der Waals surface area contributed by atoms with E-state index in [0.29, 0.717) is 12.8 Å². The predicted molar refractivity (Wildman–Crippen MR) is 95.3 cm³/mol. The highest BCUT2D eigenvalue weighted by atomic mass is 35.5. The Morgan fingerprint density at radius 3 is 2.50 bits per heavy atom. The molecule has 2 aliphatic rings. The van der Waals surface area contributed by atoms with Crippen LogP contribution in [0.3, 0.4) is 0 Å².